The van der Waals surface area contributed by atoms with E-state index < -0.39 is 21.7 Å². The van der Waals surface area contributed by atoms with Crippen LogP contribution < -0.4 is 10.2 Å². The Morgan fingerprint density at radius 2 is 1.57 bits per heavy atom. The monoisotopic (exact) mass is 310 g/mol. The summed E-state index contributed by atoms with van der Waals surface area (Å²) in [6.45, 7) is 0. The second-order valence-corrected chi connectivity index (χ2v) is 5.76. The molecule has 6 nitrogen and oxygen atoms in total. The van der Waals surface area contributed by atoms with E-state index in [9.17, 15) is 17.6 Å². The van der Waals surface area contributed by atoms with E-state index in [0.717, 1.165) is 24.3 Å². The van der Waals surface area contributed by atoms with E-state index in [0.29, 0.717) is 0 Å². The molecule has 2 aromatic rings. The predicted molar refractivity (Wildman–Crippen MR) is 72.9 cm³/mol. The lowest BCUT2D eigenvalue weighted by Gasteiger charge is -2.08. The first kappa shape index (κ1) is 14.9. The van der Waals surface area contributed by atoms with Crippen molar-refractivity contribution in [3.05, 3.63) is 59.9 Å². The van der Waals surface area contributed by atoms with Crippen LogP contribution in [0.3, 0.4) is 0 Å². The van der Waals surface area contributed by atoms with E-state index in [4.69, 9.17) is 5.21 Å². The molecule has 1 amide bonds. The van der Waals surface area contributed by atoms with E-state index in [-0.39, 0.29) is 16.1 Å². The highest BCUT2D eigenvalue weighted by Crippen LogP contribution is 2.17. The highest BCUT2D eigenvalue weighted by molar-refractivity contribution is 7.92. The molecule has 0 aliphatic carbocycles. The van der Waals surface area contributed by atoms with Gasteiger partial charge in [-0.25, -0.2) is 18.3 Å². The third-order valence-electron chi connectivity index (χ3n) is 2.62. The predicted octanol–water partition coefficient (Wildman–Crippen LogP) is 1.75. The van der Waals surface area contributed by atoms with Crippen molar-refractivity contribution in [1.29, 1.82) is 0 Å². The van der Waals surface area contributed by atoms with Gasteiger partial charge in [0.1, 0.15) is 5.82 Å². The summed E-state index contributed by atoms with van der Waals surface area (Å²) in [6.07, 6.45) is 0. The molecule has 0 unspecified atom stereocenters. The molecule has 2 aromatic carbocycles. The number of sulfonamides is 1. The fourth-order valence-electron chi connectivity index (χ4n) is 1.58. The number of carbonyl (C=O) groups excluding carboxylic acids is 1. The summed E-state index contributed by atoms with van der Waals surface area (Å²) < 4.78 is 39.1. The minimum atomic E-state index is -3.84. The zero-order valence-electron chi connectivity index (χ0n) is 10.6. The molecule has 110 valence electrons. The SMILES string of the molecule is O=C(NO)c1ccc(NS(=O)(=O)c2ccc(F)cc2)cc1. The van der Waals surface area contributed by atoms with E-state index in [2.05, 4.69) is 4.72 Å². The normalized spacial score (nSPS) is 11.0. The Kier molecular flexibility index (Phi) is 4.20. The van der Waals surface area contributed by atoms with Crippen molar-refractivity contribution >= 4 is 21.6 Å². The summed E-state index contributed by atoms with van der Waals surface area (Å²) in [5.41, 5.74) is 1.87. The minimum Gasteiger partial charge on any atom is -0.288 e. The Bertz CT molecular complexity index is 743. The number of rotatable bonds is 4. The summed E-state index contributed by atoms with van der Waals surface area (Å²) in [6, 6.07) is 9.79. The smallest absolute Gasteiger partial charge is 0.274 e. The van der Waals surface area contributed by atoms with E-state index in [1.165, 1.54) is 29.7 Å². The third-order valence-corrected chi connectivity index (χ3v) is 4.02. The van der Waals surface area contributed by atoms with Gasteiger partial charge in [0, 0.05) is 11.3 Å². The number of benzene rings is 2. The number of amides is 1. The third kappa shape index (κ3) is 3.56. The Morgan fingerprint density at radius 3 is 2.10 bits per heavy atom. The molecule has 0 saturated heterocycles. The van der Waals surface area contributed by atoms with Gasteiger partial charge in [0.2, 0.25) is 0 Å². The molecular formula is C13H11FN2O4S. The van der Waals surface area contributed by atoms with Crippen LogP contribution in [0.2, 0.25) is 0 Å². The van der Waals surface area contributed by atoms with Crippen LogP contribution >= 0.6 is 0 Å². The molecule has 0 saturated carbocycles. The van der Waals surface area contributed by atoms with Gasteiger partial charge in [-0.1, -0.05) is 0 Å². The fourth-order valence-corrected chi connectivity index (χ4v) is 2.64. The standard InChI is InChI=1S/C13H11FN2O4S/c14-10-3-7-12(8-4-10)21(19,20)16-11-5-1-9(2-6-11)13(17)15-18/h1-8,16,18H,(H,15,17). The van der Waals surface area contributed by atoms with E-state index in [1.54, 1.807) is 0 Å². The first-order valence-electron chi connectivity index (χ1n) is 5.75. The number of hydroxylamine groups is 1. The van der Waals surface area contributed by atoms with Crippen molar-refractivity contribution in [1.82, 2.24) is 5.48 Å². The first-order chi connectivity index (χ1) is 9.92. The lowest BCUT2D eigenvalue weighted by molar-refractivity contribution is 0.0706. The van der Waals surface area contributed by atoms with Gasteiger partial charge in [-0.15, -0.1) is 0 Å². The highest BCUT2D eigenvalue weighted by atomic mass is 32.2. The van der Waals surface area contributed by atoms with Crippen molar-refractivity contribution in [3.63, 3.8) is 0 Å². The molecule has 2 rings (SSSR count). The summed E-state index contributed by atoms with van der Waals surface area (Å²) in [4.78, 5) is 11.0. The maximum Gasteiger partial charge on any atom is 0.274 e. The number of halogens is 1. The average Bonchev–Trinajstić information content (AvgIpc) is 2.47. The summed E-state index contributed by atoms with van der Waals surface area (Å²) >= 11 is 0. The lowest BCUT2D eigenvalue weighted by Crippen LogP contribution is -2.18. The van der Waals surface area contributed by atoms with Gasteiger partial charge in [0.05, 0.1) is 4.90 Å². The van der Waals surface area contributed by atoms with Crippen LogP contribution in [-0.4, -0.2) is 19.5 Å². The van der Waals surface area contributed by atoms with Gasteiger partial charge in [-0.2, -0.15) is 0 Å². The zero-order valence-corrected chi connectivity index (χ0v) is 11.4. The molecule has 0 aliphatic heterocycles. The average molecular weight is 310 g/mol. The van der Waals surface area contributed by atoms with Gasteiger partial charge >= 0.3 is 0 Å². The summed E-state index contributed by atoms with van der Waals surface area (Å²) in [5, 5.41) is 8.47. The molecular weight excluding hydrogens is 299 g/mol. The Morgan fingerprint density at radius 1 is 1.00 bits per heavy atom. The van der Waals surface area contributed by atoms with E-state index in [1.807, 2.05) is 0 Å². The van der Waals surface area contributed by atoms with Crippen molar-refractivity contribution in [3.8, 4) is 0 Å². The molecule has 0 bridgehead atoms. The first-order valence-corrected chi connectivity index (χ1v) is 7.23. The fraction of sp³-hybridized carbons (Fsp3) is 0. The maximum absolute atomic E-state index is 12.8. The van der Waals surface area contributed by atoms with Crippen LogP contribution in [0, 0.1) is 5.82 Å². The van der Waals surface area contributed by atoms with Crippen LogP contribution in [0.1, 0.15) is 10.4 Å². The summed E-state index contributed by atoms with van der Waals surface area (Å²) in [7, 11) is -3.84. The Hall–Kier alpha value is -2.45. The minimum absolute atomic E-state index is 0.0823. The van der Waals surface area contributed by atoms with Crippen LogP contribution in [0.5, 0.6) is 0 Å². The van der Waals surface area contributed by atoms with Gasteiger partial charge in [-0.05, 0) is 48.5 Å². The second kappa shape index (κ2) is 5.90. The Balaban J connectivity index is 2.20. The van der Waals surface area contributed by atoms with Gasteiger partial charge < -0.3 is 0 Å². The molecule has 3 N–H and O–H groups in total. The van der Waals surface area contributed by atoms with Crippen molar-refractivity contribution < 1.29 is 22.8 Å². The molecule has 0 radical (unpaired) electrons. The van der Waals surface area contributed by atoms with Crippen molar-refractivity contribution in [2.45, 2.75) is 4.90 Å². The molecule has 0 spiro atoms. The van der Waals surface area contributed by atoms with Crippen molar-refractivity contribution in [2.24, 2.45) is 0 Å². The molecule has 21 heavy (non-hydrogen) atoms. The molecule has 0 atom stereocenters. The van der Waals surface area contributed by atoms with Gasteiger partial charge in [0.15, 0.2) is 0 Å². The molecule has 0 heterocycles. The molecule has 0 aliphatic rings. The van der Waals surface area contributed by atoms with Crippen LogP contribution in [0.25, 0.3) is 0 Å². The van der Waals surface area contributed by atoms with Crippen LogP contribution in [-0.2, 0) is 10.0 Å². The topological polar surface area (TPSA) is 95.5 Å². The number of hydrogen-bond acceptors (Lipinski definition) is 4. The largest absolute Gasteiger partial charge is 0.288 e. The number of carbonyl (C=O) groups is 1. The highest BCUT2D eigenvalue weighted by Gasteiger charge is 2.14. The van der Waals surface area contributed by atoms with Crippen molar-refractivity contribution in [2.75, 3.05) is 4.72 Å². The second-order valence-electron chi connectivity index (χ2n) is 4.08. The number of nitrogens with one attached hydrogen (secondary N) is 2. The lowest BCUT2D eigenvalue weighted by atomic mass is 10.2. The molecule has 8 heteroatoms. The Labute approximate surface area is 120 Å². The van der Waals surface area contributed by atoms with Crippen LogP contribution in [0.4, 0.5) is 10.1 Å². The number of hydrogen-bond donors (Lipinski definition) is 3. The van der Waals surface area contributed by atoms with E-state index >= 15 is 0 Å². The summed E-state index contributed by atoms with van der Waals surface area (Å²) in [5.74, 6) is -1.24. The van der Waals surface area contributed by atoms with Gasteiger partial charge in [-0.3, -0.25) is 14.7 Å². The quantitative estimate of drug-likeness (QED) is 0.592. The zero-order chi connectivity index (χ0) is 15.5. The molecule has 0 fully saturated rings. The number of anilines is 1. The van der Waals surface area contributed by atoms with Gasteiger partial charge in [0.25, 0.3) is 15.9 Å². The maximum atomic E-state index is 12.8. The molecule has 0 aromatic heterocycles. The van der Waals surface area contributed by atoms with Crippen LogP contribution in [0.15, 0.2) is 53.4 Å².